The van der Waals surface area contributed by atoms with Crippen LogP contribution in [-0.4, -0.2) is 34.4 Å². The molecule has 1 aliphatic heterocycles. The number of allylic oxidation sites excluding steroid dienone is 1. The van der Waals surface area contributed by atoms with Crippen molar-refractivity contribution in [3.05, 3.63) is 53.6 Å². The summed E-state index contributed by atoms with van der Waals surface area (Å²) in [5.74, 6) is 0.393. The van der Waals surface area contributed by atoms with Crippen LogP contribution in [0.3, 0.4) is 0 Å². The number of ketones is 1. The standard InChI is InChI=1S/C18H16O6S/c1-22-13-6-3-12(4-7-13)5-8-15(19)14-9-18-17(10-16(14)23-2)24-11-25(18,20)21/h3-10H,11H2,1-2H3/b8-5+. The molecule has 0 atom stereocenters. The first kappa shape index (κ1) is 17.0. The fraction of sp³-hybridized carbons (Fsp3) is 0.167. The number of hydrogen-bond donors (Lipinski definition) is 0. The molecule has 0 saturated carbocycles. The summed E-state index contributed by atoms with van der Waals surface area (Å²) in [6.45, 7) is 0. The number of rotatable bonds is 5. The van der Waals surface area contributed by atoms with Gasteiger partial charge in [-0.05, 0) is 29.8 Å². The van der Waals surface area contributed by atoms with Crippen LogP contribution in [-0.2, 0) is 9.84 Å². The van der Waals surface area contributed by atoms with E-state index in [9.17, 15) is 13.2 Å². The predicted molar refractivity (Wildman–Crippen MR) is 92.0 cm³/mol. The van der Waals surface area contributed by atoms with Gasteiger partial charge in [-0.3, -0.25) is 4.79 Å². The van der Waals surface area contributed by atoms with Crippen molar-refractivity contribution in [2.45, 2.75) is 4.90 Å². The van der Waals surface area contributed by atoms with E-state index < -0.39 is 15.8 Å². The predicted octanol–water partition coefficient (Wildman–Crippen LogP) is 2.72. The molecule has 0 amide bonds. The highest BCUT2D eigenvalue weighted by atomic mass is 32.2. The number of carbonyl (C=O) groups excluding carboxylic acids is 1. The zero-order chi connectivity index (χ0) is 18.0. The fourth-order valence-electron chi connectivity index (χ4n) is 2.44. The molecule has 2 aromatic rings. The van der Waals surface area contributed by atoms with Gasteiger partial charge in [0.05, 0.1) is 19.8 Å². The summed E-state index contributed by atoms with van der Waals surface area (Å²) < 4.78 is 39.3. The summed E-state index contributed by atoms with van der Waals surface area (Å²) in [6.07, 6.45) is 3.01. The highest BCUT2D eigenvalue weighted by Crippen LogP contribution is 2.37. The lowest BCUT2D eigenvalue weighted by atomic mass is 10.1. The number of sulfone groups is 1. The second kappa shape index (κ2) is 6.60. The van der Waals surface area contributed by atoms with E-state index in [1.165, 1.54) is 25.3 Å². The molecule has 7 heteroatoms. The molecule has 25 heavy (non-hydrogen) atoms. The molecule has 0 bridgehead atoms. The molecule has 0 aliphatic carbocycles. The maximum atomic E-state index is 12.5. The quantitative estimate of drug-likeness (QED) is 0.603. The van der Waals surface area contributed by atoms with Crippen LogP contribution >= 0.6 is 0 Å². The molecule has 0 unspecified atom stereocenters. The molecule has 1 heterocycles. The average molecular weight is 360 g/mol. The zero-order valence-corrected chi connectivity index (χ0v) is 14.5. The monoisotopic (exact) mass is 360 g/mol. The third-order valence-electron chi connectivity index (χ3n) is 3.78. The van der Waals surface area contributed by atoms with Gasteiger partial charge in [-0.1, -0.05) is 18.2 Å². The third-order valence-corrected chi connectivity index (χ3v) is 5.20. The van der Waals surface area contributed by atoms with Crippen LogP contribution in [0.1, 0.15) is 15.9 Å². The summed E-state index contributed by atoms with van der Waals surface area (Å²) >= 11 is 0. The first-order valence-corrected chi connectivity index (χ1v) is 9.04. The Morgan fingerprint density at radius 3 is 2.48 bits per heavy atom. The zero-order valence-electron chi connectivity index (χ0n) is 13.7. The van der Waals surface area contributed by atoms with Crippen LogP contribution in [0, 0.1) is 0 Å². The van der Waals surface area contributed by atoms with E-state index in [1.807, 2.05) is 0 Å². The van der Waals surface area contributed by atoms with Crippen LogP contribution in [0.5, 0.6) is 17.2 Å². The Labute approximate surface area is 145 Å². The first-order chi connectivity index (χ1) is 11.9. The van der Waals surface area contributed by atoms with E-state index in [1.54, 1.807) is 37.5 Å². The molecule has 2 aromatic carbocycles. The van der Waals surface area contributed by atoms with Crippen LogP contribution < -0.4 is 14.2 Å². The fourth-order valence-corrected chi connectivity index (χ4v) is 3.57. The second-order valence-corrected chi connectivity index (χ2v) is 7.25. The molecule has 0 radical (unpaired) electrons. The minimum Gasteiger partial charge on any atom is -0.497 e. The summed E-state index contributed by atoms with van der Waals surface area (Å²) in [6, 6.07) is 9.90. The average Bonchev–Trinajstić information content (AvgIpc) is 2.93. The maximum absolute atomic E-state index is 12.5. The molecule has 3 rings (SSSR count). The van der Waals surface area contributed by atoms with Gasteiger partial charge in [0.15, 0.2) is 11.7 Å². The van der Waals surface area contributed by atoms with E-state index in [0.717, 1.165) is 5.56 Å². The lowest BCUT2D eigenvalue weighted by molar-refractivity contribution is 0.104. The SMILES string of the molecule is COc1ccc(/C=C/C(=O)c2cc3c(cc2OC)OCS3(=O)=O)cc1. The summed E-state index contributed by atoms with van der Waals surface area (Å²) in [5, 5.41) is 0. The van der Waals surface area contributed by atoms with Crippen molar-refractivity contribution < 1.29 is 27.4 Å². The van der Waals surface area contributed by atoms with Crippen LogP contribution in [0.25, 0.3) is 6.08 Å². The van der Waals surface area contributed by atoms with Gasteiger partial charge in [-0.25, -0.2) is 8.42 Å². The Bertz CT molecular complexity index is 942. The van der Waals surface area contributed by atoms with Crippen molar-refractivity contribution in [3.63, 3.8) is 0 Å². The van der Waals surface area contributed by atoms with Crippen LogP contribution in [0.2, 0.25) is 0 Å². The summed E-state index contributed by atoms with van der Waals surface area (Å²) in [4.78, 5) is 12.5. The highest BCUT2D eigenvalue weighted by molar-refractivity contribution is 7.91. The molecule has 0 N–H and O–H groups in total. The Morgan fingerprint density at radius 1 is 1.12 bits per heavy atom. The number of ether oxygens (including phenoxy) is 3. The van der Waals surface area contributed by atoms with Crippen LogP contribution in [0.4, 0.5) is 0 Å². The first-order valence-electron chi connectivity index (χ1n) is 7.38. The Morgan fingerprint density at radius 2 is 1.84 bits per heavy atom. The van der Waals surface area contributed by atoms with Crippen molar-refractivity contribution >= 4 is 21.7 Å². The van der Waals surface area contributed by atoms with Gasteiger partial charge in [0, 0.05) is 6.07 Å². The minimum atomic E-state index is -3.53. The van der Waals surface area contributed by atoms with E-state index >= 15 is 0 Å². The number of methoxy groups -OCH3 is 2. The molecule has 0 fully saturated rings. The highest BCUT2D eigenvalue weighted by Gasteiger charge is 2.30. The van der Waals surface area contributed by atoms with Crippen molar-refractivity contribution in [1.82, 2.24) is 0 Å². The molecular formula is C18H16O6S. The molecule has 1 aliphatic rings. The maximum Gasteiger partial charge on any atom is 0.216 e. The van der Waals surface area contributed by atoms with Gasteiger partial charge in [-0.15, -0.1) is 0 Å². The topological polar surface area (TPSA) is 78.9 Å². The van der Waals surface area contributed by atoms with E-state index in [0.29, 0.717) is 5.75 Å². The molecule has 130 valence electrons. The summed E-state index contributed by atoms with van der Waals surface area (Å²) in [5.41, 5.74) is 0.977. The third kappa shape index (κ3) is 3.36. The number of carbonyl (C=O) groups is 1. The Kier molecular flexibility index (Phi) is 4.50. The number of hydrogen-bond acceptors (Lipinski definition) is 6. The van der Waals surface area contributed by atoms with Crippen molar-refractivity contribution in [3.8, 4) is 17.2 Å². The van der Waals surface area contributed by atoms with Crippen LogP contribution in [0.15, 0.2) is 47.4 Å². The van der Waals surface area contributed by atoms with Gasteiger partial charge < -0.3 is 14.2 Å². The van der Waals surface area contributed by atoms with Crippen molar-refractivity contribution in [2.24, 2.45) is 0 Å². The number of fused-ring (bicyclic) bond motifs is 1. The largest absolute Gasteiger partial charge is 0.497 e. The lowest BCUT2D eigenvalue weighted by Gasteiger charge is -2.07. The molecular weight excluding hydrogens is 344 g/mol. The van der Waals surface area contributed by atoms with E-state index in [4.69, 9.17) is 14.2 Å². The van der Waals surface area contributed by atoms with Crippen molar-refractivity contribution in [2.75, 3.05) is 20.2 Å². The van der Waals surface area contributed by atoms with Gasteiger partial charge >= 0.3 is 0 Å². The molecule has 0 aromatic heterocycles. The van der Waals surface area contributed by atoms with Gasteiger partial charge in [0.2, 0.25) is 9.84 Å². The Hall–Kier alpha value is -2.80. The minimum absolute atomic E-state index is 0.00879. The molecule has 0 spiro atoms. The molecule has 0 saturated heterocycles. The van der Waals surface area contributed by atoms with E-state index in [-0.39, 0.29) is 27.7 Å². The normalized spacial score (nSPS) is 14.8. The number of benzene rings is 2. The lowest BCUT2D eigenvalue weighted by Crippen LogP contribution is -2.03. The molecule has 6 nitrogen and oxygen atoms in total. The van der Waals surface area contributed by atoms with Gasteiger partial charge in [0.25, 0.3) is 0 Å². The van der Waals surface area contributed by atoms with Gasteiger partial charge in [-0.2, -0.15) is 0 Å². The van der Waals surface area contributed by atoms with E-state index in [2.05, 4.69) is 0 Å². The smallest absolute Gasteiger partial charge is 0.216 e. The summed E-state index contributed by atoms with van der Waals surface area (Å²) in [7, 11) is -0.542. The second-order valence-electron chi connectivity index (χ2n) is 5.35. The van der Waals surface area contributed by atoms with Crippen molar-refractivity contribution in [1.29, 1.82) is 0 Å². The Balaban J connectivity index is 1.92. The van der Waals surface area contributed by atoms with Gasteiger partial charge in [0.1, 0.15) is 22.1 Å².